The first-order valence-corrected chi connectivity index (χ1v) is 13.0. The van der Waals surface area contributed by atoms with Crippen LogP contribution >= 0.6 is 0 Å². The Morgan fingerprint density at radius 1 is 0.824 bits per heavy atom. The summed E-state index contributed by atoms with van der Waals surface area (Å²) < 4.78 is 13.1. The molecule has 4 unspecified atom stereocenters. The zero-order chi connectivity index (χ0) is 23.3. The van der Waals surface area contributed by atoms with Crippen molar-refractivity contribution in [2.75, 3.05) is 32.7 Å². The standard InChI is InChI=1S/C28H39N3O3/c29-17-21-5-11-24(12-6-21)28-33-26(16-27(34-28)23-9-7-22(20-32)8-10-23)19-31-15-3-4-25(31)18-30-13-1-2-14-30/h5-12,25-28,32H,1-4,13-20,29H2. The molecule has 0 bridgehead atoms. The molecule has 184 valence electrons. The van der Waals surface area contributed by atoms with Gasteiger partial charge in [0.15, 0.2) is 6.29 Å². The van der Waals surface area contributed by atoms with Gasteiger partial charge in [0.2, 0.25) is 0 Å². The van der Waals surface area contributed by atoms with Gasteiger partial charge in [0.25, 0.3) is 0 Å². The minimum atomic E-state index is -0.396. The van der Waals surface area contributed by atoms with E-state index in [0.29, 0.717) is 12.6 Å². The average Bonchev–Trinajstić information content (AvgIpc) is 3.56. The Morgan fingerprint density at radius 2 is 1.53 bits per heavy atom. The van der Waals surface area contributed by atoms with Gasteiger partial charge in [-0.1, -0.05) is 48.5 Å². The van der Waals surface area contributed by atoms with E-state index >= 15 is 0 Å². The number of hydrogen-bond acceptors (Lipinski definition) is 6. The third-order valence-corrected chi connectivity index (χ3v) is 7.71. The van der Waals surface area contributed by atoms with Gasteiger partial charge in [0.1, 0.15) is 0 Å². The second-order valence-corrected chi connectivity index (χ2v) is 10.1. The maximum atomic E-state index is 9.43. The fourth-order valence-electron chi connectivity index (χ4n) is 5.71. The van der Waals surface area contributed by atoms with Crippen LogP contribution in [-0.4, -0.2) is 59.8 Å². The molecular formula is C28H39N3O3. The molecule has 5 rings (SSSR count). The Balaban J connectivity index is 1.31. The quantitative estimate of drug-likeness (QED) is 0.619. The lowest BCUT2D eigenvalue weighted by Gasteiger charge is -2.39. The van der Waals surface area contributed by atoms with Gasteiger partial charge in [-0.05, 0) is 62.0 Å². The van der Waals surface area contributed by atoms with Crippen LogP contribution < -0.4 is 5.73 Å². The minimum absolute atomic E-state index is 0.0367. The molecule has 3 heterocycles. The lowest BCUT2D eigenvalue weighted by atomic mass is 9.99. The molecule has 3 N–H and O–H groups in total. The maximum absolute atomic E-state index is 9.43. The normalized spacial score (nSPS) is 28.5. The van der Waals surface area contributed by atoms with Crippen LogP contribution in [0, 0.1) is 0 Å². The molecule has 3 fully saturated rings. The number of nitrogens with zero attached hydrogens (tertiary/aromatic N) is 2. The third-order valence-electron chi connectivity index (χ3n) is 7.71. The van der Waals surface area contributed by atoms with E-state index in [1.807, 2.05) is 12.1 Å². The van der Waals surface area contributed by atoms with E-state index in [1.165, 1.54) is 45.3 Å². The molecule has 6 nitrogen and oxygen atoms in total. The summed E-state index contributed by atoms with van der Waals surface area (Å²) in [7, 11) is 0. The predicted molar refractivity (Wildman–Crippen MR) is 133 cm³/mol. The van der Waals surface area contributed by atoms with Crippen molar-refractivity contribution in [3.8, 4) is 0 Å². The first-order chi connectivity index (χ1) is 16.7. The van der Waals surface area contributed by atoms with E-state index in [4.69, 9.17) is 15.2 Å². The van der Waals surface area contributed by atoms with Gasteiger partial charge < -0.3 is 25.2 Å². The Hall–Kier alpha value is -1.80. The van der Waals surface area contributed by atoms with Crippen molar-refractivity contribution < 1.29 is 14.6 Å². The molecule has 3 saturated heterocycles. The SMILES string of the molecule is NCc1ccc(C2OC(CN3CCCC3CN3CCCC3)CC(c3ccc(CO)cc3)O2)cc1. The van der Waals surface area contributed by atoms with Crippen LogP contribution in [-0.2, 0) is 22.6 Å². The van der Waals surface area contributed by atoms with Crippen molar-refractivity contribution in [1.29, 1.82) is 0 Å². The summed E-state index contributed by atoms with van der Waals surface area (Å²) in [5.74, 6) is 0. The summed E-state index contributed by atoms with van der Waals surface area (Å²) in [6.07, 6.45) is 5.76. The molecule has 4 atom stereocenters. The zero-order valence-corrected chi connectivity index (χ0v) is 20.1. The molecule has 2 aromatic carbocycles. The van der Waals surface area contributed by atoms with Gasteiger partial charge in [-0.15, -0.1) is 0 Å². The number of aliphatic hydroxyl groups excluding tert-OH is 1. The maximum Gasteiger partial charge on any atom is 0.184 e. The van der Waals surface area contributed by atoms with E-state index in [0.717, 1.165) is 41.8 Å². The monoisotopic (exact) mass is 465 g/mol. The molecule has 3 aliphatic rings. The highest BCUT2D eigenvalue weighted by Gasteiger charge is 2.36. The molecule has 3 aliphatic heterocycles. The highest BCUT2D eigenvalue weighted by molar-refractivity contribution is 5.26. The largest absolute Gasteiger partial charge is 0.392 e. The second-order valence-electron chi connectivity index (χ2n) is 10.1. The van der Waals surface area contributed by atoms with Gasteiger partial charge in [-0.3, -0.25) is 4.90 Å². The number of hydrogen-bond donors (Lipinski definition) is 2. The van der Waals surface area contributed by atoms with E-state index in [9.17, 15) is 5.11 Å². The number of likely N-dealkylation sites (tertiary alicyclic amines) is 2. The summed E-state index contributed by atoms with van der Waals surface area (Å²) in [6, 6.07) is 17.0. The van der Waals surface area contributed by atoms with Gasteiger partial charge >= 0.3 is 0 Å². The number of ether oxygens (including phenoxy) is 2. The number of aliphatic hydroxyl groups is 1. The number of benzene rings is 2. The van der Waals surface area contributed by atoms with E-state index in [1.54, 1.807) is 0 Å². The van der Waals surface area contributed by atoms with Crippen molar-refractivity contribution in [3.63, 3.8) is 0 Å². The van der Waals surface area contributed by atoms with E-state index in [2.05, 4.69) is 46.2 Å². The van der Waals surface area contributed by atoms with Crippen molar-refractivity contribution in [1.82, 2.24) is 9.80 Å². The summed E-state index contributed by atoms with van der Waals surface area (Å²) in [6.45, 7) is 6.40. The average molecular weight is 466 g/mol. The topological polar surface area (TPSA) is 71.2 Å². The number of rotatable bonds is 8. The summed E-state index contributed by atoms with van der Waals surface area (Å²) >= 11 is 0. The summed E-state index contributed by atoms with van der Waals surface area (Å²) in [5.41, 5.74) is 10.00. The predicted octanol–water partition coefficient (Wildman–Crippen LogP) is 3.74. The van der Waals surface area contributed by atoms with Gasteiger partial charge in [0, 0.05) is 37.7 Å². The van der Waals surface area contributed by atoms with Crippen LogP contribution in [0.4, 0.5) is 0 Å². The molecule has 0 amide bonds. The van der Waals surface area contributed by atoms with Crippen LogP contribution in [0.5, 0.6) is 0 Å². The Morgan fingerprint density at radius 3 is 2.24 bits per heavy atom. The molecule has 0 radical (unpaired) electrons. The first-order valence-electron chi connectivity index (χ1n) is 13.0. The van der Waals surface area contributed by atoms with Crippen molar-refractivity contribution in [2.45, 2.75) is 69.8 Å². The van der Waals surface area contributed by atoms with Gasteiger partial charge in [-0.2, -0.15) is 0 Å². The molecule has 6 heteroatoms. The Bertz CT molecular complexity index is 843. The zero-order valence-electron chi connectivity index (χ0n) is 20.1. The van der Waals surface area contributed by atoms with Crippen LogP contribution in [0.2, 0.25) is 0 Å². The fraction of sp³-hybridized carbons (Fsp3) is 0.571. The molecule has 0 spiro atoms. The molecule has 0 aliphatic carbocycles. The number of nitrogens with two attached hydrogens (primary N) is 1. The molecule has 2 aromatic rings. The molecule has 34 heavy (non-hydrogen) atoms. The van der Waals surface area contributed by atoms with E-state index < -0.39 is 6.29 Å². The molecular weight excluding hydrogens is 426 g/mol. The summed E-state index contributed by atoms with van der Waals surface area (Å²) in [5, 5.41) is 9.43. The summed E-state index contributed by atoms with van der Waals surface area (Å²) in [4.78, 5) is 5.30. The first kappa shape index (κ1) is 23.9. The Labute approximate surface area is 203 Å². The van der Waals surface area contributed by atoms with Crippen molar-refractivity contribution in [2.24, 2.45) is 5.73 Å². The van der Waals surface area contributed by atoms with Crippen LogP contribution in [0.15, 0.2) is 48.5 Å². The fourth-order valence-corrected chi connectivity index (χ4v) is 5.71. The molecule has 0 saturated carbocycles. The van der Waals surface area contributed by atoms with Gasteiger partial charge in [0.05, 0.1) is 18.8 Å². The Kier molecular flexibility index (Phi) is 7.94. The highest BCUT2D eigenvalue weighted by Crippen LogP contribution is 2.38. The van der Waals surface area contributed by atoms with Crippen LogP contribution in [0.25, 0.3) is 0 Å². The smallest absolute Gasteiger partial charge is 0.184 e. The van der Waals surface area contributed by atoms with Gasteiger partial charge in [-0.25, -0.2) is 0 Å². The second kappa shape index (κ2) is 11.3. The highest BCUT2D eigenvalue weighted by atomic mass is 16.7. The van der Waals surface area contributed by atoms with Crippen LogP contribution in [0.1, 0.15) is 66.8 Å². The lowest BCUT2D eigenvalue weighted by Crippen LogP contribution is -2.45. The van der Waals surface area contributed by atoms with E-state index in [-0.39, 0.29) is 18.8 Å². The third kappa shape index (κ3) is 5.70. The molecule has 0 aromatic heterocycles. The lowest BCUT2D eigenvalue weighted by molar-refractivity contribution is -0.253. The van der Waals surface area contributed by atoms with Crippen molar-refractivity contribution in [3.05, 3.63) is 70.8 Å². The van der Waals surface area contributed by atoms with Crippen molar-refractivity contribution >= 4 is 0 Å². The van der Waals surface area contributed by atoms with Crippen LogP contribution in [0.3, 0.4) is 0 Å². The minimum Gasteiger partial charge on any atom is -0.392 e.